The highest BCUT2D eigenvalue weighted by atomic mass is 16.6. The maximum Gasteiger partial charge on any atom is 0.375 e. The minimum atomic E-state index is -1.01. The minimum Gasteiger partial charge on any atom is -0.449 e. The van der Waals surface area contributed by atoms with Gasteiger partial charge in [-0.15, -0.1) is 0 Å². The molecule has 3 aromatic carbocycles. The normalized spacial score (nSPS) is 12.1. The Morgan fingerprint density at radius 1 is 0.967 bits per heavy atom. The summed E-state index contributed by atoms with van der Waals surface area (Å²) < 4.78 is 16.3. The first-order valence-corrected chi connectivity index (χ1v) is 9.57. The first-order chi connectivity index (χ1) is 14.6. The van der Waals surface area contributed by atoms with Crippen molar-refractivity contribution in [2.24, 2.45) is 0 Å². The van der Waals surface area contributed by atoms with Crippen molar-refractivity contribution in [2.75, 3.05) is 12.4 Å². The molecule has 0 aliphatic rings. The van der Waals surface area contributed by atoms with Crippen molar-refractivity contribution in [3.63, 3.8) is 0 Å². The zero-order chi connectivity index (χ0) is 21.1. The molecule has 6 heteroatoms. The number of methoxy groups -OCH3 is 1. The van der Waals surface area contributed by atoms with Gasteiger partial charge < -0.3 is 19.2 Å². The third-order valence-corrected chi connectivity index (χ3v) is 4.87. The molecule has 1 heterocycles. The van der Waals surface area contributed by atoms with Crippen molar-refractivity contribution < 1.29 is 23.5 Å². The van der Waals surface area contributed by atoms with Gasteiger partial charge in [-0.1, -0.05) is 54.6 Å². The highest BCUT2D eigenvalue weighted by Gasteiger charge is 2.26. The van der Waals surface area contributed by atoms with E-state index in [2.05, 4.69) is 5.32 Å². The van der Waals surface area contributed by atoms with Gasteiger partial charge in [-0.25, -0.2) is 4.79 Å². The van der Waals surface area contributed by atoms with Gasteiger partial charge >= 0.3 is 5.97 Å². The molecular formula is C24H21NO5. The van der Waals surface area contributed by atoms with Crippen LogP contribution < -0.4 is 5.32 Å². The van der Waals surface area contributed by atoms with E-state index < -0.39 is 18.0 Å². The minimum absolute atomic E-state index is 0.0443. The molecule has 0 saturated carbocycles. The number of amides is 1. The molecule has 30 heavy (non-hydrogen) atoms. The van der Waals surface area contributed by atoms with E-state index in [9.17, 15) is 9.59 Å². The number of fused-ring (bicyclic) bond motifs is 2. The monoisotopic (exact) mass is 403 g/mol. The molecule has 0 aliphatic carbocycles. The van der Waals surface area contributed by atoms with E-state index in [1.54, 1.807) is 6.07 Å². The Bertz CT molecular complexity index is 1220. The second-order valence-electron chi connectivity index (χ2n) is 6.90. The van der Waals surface area contributed by atoms with Gasteiger partial charge in [-0.3, -0.25) is 4.79 Å². The van der Waals surface area contributed by atoms with Crippen LogP contribution in [0.5, 0.6) is 0 Å². The lowest BCUT2D eigenvalue weighted by Gasteiger charge is -2.14. The fourth-order valence-electron chi connectivity index (χ4n) is 3.39. The Balaban J connectivity index is 1.53. The molecule has 1 amide bonds. The topological polar surface area (TPSA) is 77.8 Å². The molecule has 1 atom stereocenters. The molecule has 1 N–H and O–H groups in total. The van der Waals surface area contributed by atoms with E-state index in [-0.39, 0.29) is 12.4 Å². The number of carbonyl (C=O) groups excluding carboxylic acids is 2. The van der Waals surface area contributed by atoms with E-state index in [4.69, 9.17) is 13.9 Å². The highest BCUT2D eigenvalue weighted by molar-refractivity contribution is 6.04. The Hall–Kier alpha value is -3.64. The van der Waals surface area contributed by atoms with E-state index in [1.165, 1.54) is 14.0 Å². The first kappa shape index (κ1) is 19.7. The molecule has 4 aromatic rings. The van der Waals surface area contributed by atoms with Crippen LogP contribution in [0.4, 0.5) is 5.69 Å². The Morgan fingerprint density at radius 2 is 1.67 bits per heavy atom. The number of esters is 1. The van der Waals surface area contributed by atoms with Gasteiger partial charge in [0, 0.05) is 29.1 Å². The average molecular weight is 403 g/mol. The summed E-state index contributed by atoms with van der Waals surface area (Å²) in [5.74, 6) is -1.09. The Morgan fingerprint density at radius 3 is 2.47 bits per heavy atom. The van der Waals surface area contributed by atoms with Crippen LogP contribution in [0.1, 0.15) is 23.0 Å². The van der Waals surface area contributed by atoms with Crippen molar-refractivity contribution >= 4 is 39.3 Å². The second-order valence-corrected chi connectivity index (χ2v) is 6.90. The molecule has 152 valence electrons. The molecule has 0 radical (unpaired) electrons. The molecule has 0 aliphatic heterocycles. The lowest BCUT2D eigenvalue weighted by molar-refractivity contribution is -0.123. The van der Waals surface area contributed by atoms with E-state index in [1.807, 2.05) is 60.7 Å². The molecule has 0 saturated heterocycles. The number of hydrogen-bond acceptors (Lipinski definition) is 5. The van der Waals surface area contributed by atoms with Crippen molar-refractivity contribution in [2.45, 2.75) is 19.6 Å². The van der Waals surface area contributed by atoms with Crippen molar-refractivity contribution in [1.29, 1.82) is 0 Å². The van der Waals surface area contributed by atoms with Crippen LogP contribution in [0.15, 0.2) is 71.1 Å². The number of para-hydroxylation sites is 1. The fraction of sp³-hybridized carbons (Fsp3) is 0.167. The van der Waals surface area contributed by atoms with E-state index in [0.717, 1.165) is 16.2 Å². The number of furan rings is 1. The van der Waals surface area contributed by atoms with Crippen LogP contribution in [0.25, 0.3) is 21.7 Å². The number of ether oxygens (including phenoxy) is 2. The van der Waals surface area contributed by atoms with Crippen molar-refractivity contribution in [1.82, 2.24) is 0 Å². The largest absolute Gasteiger partial charge is 0.449 e. The van der Waals surface area contributed by atoms with Gasteiger partial charge in [-0.05, 0) is 24.4 Å². The third-order valence-electron chi connectivity index (χ3n) is 4.87. The lowest BCUT2D eigenvalue weighted by Crippen LogP contribution is -2.30. The number of benzene rings is 3. The van der Waals surface area contributed by atoms with Crippen LogP contribution in [0.2, 0.25) is 0 Å². The lowest BCUT2D eigenvalue weighted by atomic mass is 10.1. The number of nitrogens with one attached hydrogen (secondary N) is 1. The molecular weight excluding hydrogens is 382 g/mol. The Kier molecular flexibility index (Phi) is 5.50. The summed E-state index contributed by atoms with van der Waals surface area (Å²) in [5.41, 5.74) is 1.81. The number of anilines is 1. The van der Waals surface area contributed by atoms with Crippen LogP contribution in [-0.4, -0.2) is 25.1 Å². The predicted octanol–water partition coefficient (Wildman–Crippen LogP) is 4.92. The molecule has 0 fully saturated rings. The summed E-state index contributed by atoms with van der Waals surface area (Å²) in [5, 5.41) is 5.53. The molecule has 6 nitrogen and oxygen atoms in total. The zero-order valence-electron chi connectivity index (χ0n) is 16.7. The van der Waals surface area contributed by atoms with Crippen LogP contribution in [0.3, 0.4) is 0 Å². The number of carbonyl (C=O) groups is 2. The Labute approximate surface area is 173 Å². The van der Waals surface area contributed by atoms with Crippen LogP contribution >= 0.6 is 0 Å². The third kappa shape index (κ3) is 3.77. The molecule has 0 unspecified atom stereocenters. The average Bonchev–Trinajstić information content (AvgIpc) is 3.13. The standard InChI is InChI=1S/C24H21NO5/c1-15(23(26)25-20-12-7-9-16-8-3-4-10-17(16)20)29-24(27)22-19(14-28-2)18-11-5-6-13-21(18)30-22/h3-13,15H,14H2,1-2H3,(H,25,26)/t15-/m1/s1. The highest BCUT2D eigenvalue weighted by Crippen LogP contribution is 2.28. The van der Waals surface area contributed by atoms with Gasteiger partial charge in [0.05, 0.1) is 6.61 Å². The van der Waals surface area contributed by atoms with Crippen LogP contribution in [-0.2, 0) is 20.9 Å². The fourth-order valence-corrected chi connectivity index (χ4v) is 3.39. The number of hydrogen-bond donors (Lipinski definition) is 1. The first-order valence-electron chi connectivity index (χ1n) is 9.57. The summed E-state index contributed by atoms with van der Waals surface area (Å²) in [6.07, 6.45) is -1.01. The van der Waals surface area contributed by atoms with E-state index in [0.29, 0.717) is 16.8 Å². The smallest absolute Gasteiger partial charge is 0.375 e. The maximum atomic E-state index is 12.7. The van der Waals surface area contributed by atoms with Crippen LogP contribution in [0, 0.1) is 0 Å². The quantitative estimate of drug-likeness (QED) is 0.463. The van der Waals surface area contributed by atoms with Gasteiger partial charge in [0.15, 0.2) is 6.10 Å². The summed E-state index contributed by atoms with van der Waals surface area (Å²) in [7, 11) is 1.54. The van der Waals surface area contributed by atoms with Crippen molar-refractivity contribution in [3.8, 4) is 0 Å². The van der Waals surface area contributed by atoms with Gasteiger partial charge in [0.1, 0.15) is 5.58 Å². The van der Waals surface area contributed by atoms with Crippen molar-refractivity contribution in [3.05, 3.63) is 78.1 Å². The molecule has 1 aromatic heterocycles. The number of rotatable bonds is 6. The second kappa shape index (κ2) is 8.39. The summed E-state index contributed by atoms with van der Waals surface area (Å²) >= 11 is 0. The maximum absolute atomic E-state index is 12.7. The zero-order valence-corrected chi connectivity index (χ0v) is 16.7. The summed E-state index contributed by atoms with van der Waals surface area (Å²) in [4.78, 5) is 25.4. The summed E-state index contributed by atoms with van der Waals surface area (Å²) in [6.45, 7) is 1.72. The van der Waals surface area contributed by atoms with Gasteiger partial charge in [0.25, 0.3) is 5.91 Å². The van der Waals surface area contributed by atoms with Gasteiger partial charge in [-0.2, -0.15) is 0 Å². The molecule has 4 rings (SSSR count). The summed E-state index contributed by atoms with van der Waals surface area (Å²) in [6, 6.07) is 20.6. The molecule has 0 spiro atoms. The van der Waals surface area contributed by atoms with Gasteiger partial charge in [0.2, 0.25) is 5.76 Å². The van der Waals surface area contributed by atoms with E-state index >= 15 is 0 Å². The predicted molar refractivity (Wildman–Crippen MR) is 114 cm³/mol. The molecule has 0 bridgehead atoms. The SMILES string of the molecule is COCc1c(C(=O)O[C@H](C)C(=O)Nc2cccc3ccccc23)oc2ccccc12.